The Bertz CT molecular complexity index is 493. The summed E-state index contributed by atoms with van der Waals surface area (Å²) in [7, 11) is 0. The molecule has 0 aromatic heterocycles. The Labute approximate surface area is 102 Å². The molecule has 0 radical (unpaired) electrons. The summed E-state index contributed by atoms with van der Waals surface area (Å²) >= 11 is 3.44. The van der Waals surface area contributed by atoms with Gasteiger partial charge in [0.05, 0.1) is 16.7 Å². The molecule has 18 heavy (non-hydrogen) atoms. The summed E-state index contributed by atoms with van der Waals surface area (Å²) in [6, 6.07) is 0.151. The third-order valence-corrected chi connectivity index (χ3v) is 2.35. The summed E-state index contributed by atoms with van der Waals surface area (Å²) < 4.78 is 74.7. The highest BCUT2D eigenvalue weighted by molar-refractivity contribution is 7.80. The quantitative estimate of drug-likeness (QED) is 0.605. The molecule has 0 saturated heterocycles. The van der Waals surface area contributed by atoms with Crippen LogP contribution in [0.2, 0.25) is 0 Å². The fourth-order valence-corrected chi connectivity index (χ4v) is 1.64. The van der Waals surface area contributed by atoms with Crippen molar-refractivity contribution in [2.45, 2.75) is 17.2 Å². The fraction of sp³-hybridized carbons (Fsp3) is 0.222. The Morgan fingerprint density at radius 1 is 1.06 bits per heavy atom. The van der Waals surface area contributed by atoms with Crippen molar-refractivity contribution >= 4 is 18.5 Å². The highest BCUT2D eigenvalue weighted by atomic mass is 32.1. The maximum Gasteiger partial charge on any atom is 0.417 e. The molecule has 0 unspecified atom stereocenters. The molecule has 9 heteroatoms. The molecule has 0 fully saturated rings. The lowest BCUT2D eigenvalue weighted by molar-refractivity contribution is -0.143. The predicted octanol–water partition coefficient (Wildman–Crippen LogP) is 3.11. The molecule has 1 amide bonds. The Balaban J connectivity index is 3.64. The van der Waals surface area contributed by atoms with Gasteiger partial charge in [-0.1, -0.05) is 0 Å². The lowest BCUT2D eigenvalue weighted by atomic mass is 10.0. The van der Waals surface area contributed by atoms with E-state index in [0.717, 1.165) is 0 Å². The first kappa shape index (κ1) is 14.7. The zero-order chi connectivity index (χ0) is 14.3. The predicted molar refractivity (Wildman–Crippen MR) is 52.2 cm³/mol. The molecule has 2 nitrogen and oxygen atoms in total. The number of halogens is 6. The summed E-state index contributed by atoms with van der Waals surface area (Å²) in [4.78, 5) is 10.1. The Morgan fingerprint density at radius 2 is 1.56 bits per heavy atom. The maximum atomic E-state index is 12.5. The number of primary amides is 1. The van der Waals surface area contributed by atoms with Gasteiger partial charge >= 0.3 is 12.4 Å². The van der Waals surface area contributed by atoms with Crippen molar-refractivity contribution in [3.05, 3.63) is 28.8 Å². The molecule has 1 aromatic carbocycles. The number of nitrogens with two attached hydrogens (primary N) is 1. The van der Waals surface area contributed by atoms with Crippen LogP contribution in [0.15, 0.2) is 17.0 Å². The number of alkyl halides is 6. The number of thiol groups is 1. The molecule has 2 N–H and O–H groups in total. The molecule has 0 aliphatic heterocycles. The van der Waals surface area contributed by atoms with Gasteiger partial charge in [-0.3, -0.25) is 4.79 Å². The van der Waals surface area contributed by atoms with Crippen LogP contribution in [0.5, 0.6) is 0 Å². The van der Waals surface area contributed by atoms with E-state index >= 15 is 0 Å². The number of carbonyl (C=O) groups is 1. The Morgan fingerprint density at radius 3 is 1.89 bits per heavy atom. The molecule has 100 valence electrons. The summed E-state index contributed by atoms with van der Waals surface area (Å²) in [5, 5.41) is 0. The van der Waals surface area contributed by atoms with Crippen LogP contribution < -0.4 is 5.73 Å². The van der Waals surface area contributed by atoms with Gasteiger partial charge in [0.2, 0.25) is 5.91 Å². The zero-order valence-corrected chi connectivity index (χ0v) is 9.25. The van der Waals surface area contributed by atoms with Crippen LogP contribution in [0.1, 0.15) is 21.5 Å². The minimum atomic E-state index is -5.14. The number of hydrogen-bond acceptors (Lipinski definition) is 2. The summed E-state index contributed by atoms with van der Waals surface area (Å²) in [6.07, 6.45) is -10.1. The molecule has 1 aromatic rings. The SMILES string of the molecule is NC(=O)c1c(S)cc(C(F)(F)F)cc1C(F)(F)F. The monoisotopic (exact) mass is 289 g/mol. The first-order valence-corrected chi connectivity index (χ1v) is 4.70. The minimum absolute atomic E-state index is 0.167. The van der Waals surface area contributed by atoms with Crippen LogP contribution in [-0.4, -0.2) is 5.91 Å². The van der Waals surface area contributed by atoms with Crippen LogP contribution >= 0.6 is 12.6 Å². The number of rotatable bonds is 1. The summed E-state index contributed by atoms with van der Waals surface area (Å²) in [6.45, 7) is 0. The van der Waals surface area contributed by atoms with Gasteiger partial charge < -0.3 is 5.73 Å². The fourth-order valence-electron chi connectivity index (χ4n) is 1.27. The van der Waals surface area contributed by atoms with E-state index in [4.69, 9.17) is 5.73 Å². The molecule has 0 heterocycles. The lowest BCUT2D eigenvalue weighted by Gasteiger charge is -2.16. The maximum absolute atomic E-state index is 12.5. The molecular weight excluding hydrogens is 284 g/mol. The summed E-state index contributed by atoms with van der Waals surface area (Å²) in [5.74, 6) is -1.50. The third kappa shape index (κ3) is 2.89. The highest BCUT2D eigenvalue weighted by Crippen LogP contribution is 2.39. The molecule has 0 aliphatic rings. The average Bonchev–Trinajstić information content (AvgIpc) is 2.12. The van der Waals surface area contributed by atoms with Crippen molar-refractivity contribution in [1.29, 1.82) is 0 Å². The van der Waals surface area contributed by atoms with E-state index in [1.165, 1.54) is 0 Å². The summed E-state index contributed by atoms with van der Waals surface area (Å²) in [5.41, 5.74) is 0.312. The van der Waals surface area contributed by atoms with Crippen molar-refractivity contribution in [3.8, 4) is 0 Å². The second kappa shape index (κ2) is 4.38. The molecule has 0 bridgehead atoms. The van der Waals surface area contributed by atoms with E-state index in [-0.39, 0.29) is 6.07 Å². The van der Waals surface area contributed by atoms with E-state index in [9.17, 15) is 31.1 Å². The van der Waals surface area contributed by atoms with E-state index in [1.807, 2.05) is 0 Å². The van der Waals surface area contributed by atoms with Gasteiger partial charge in [0.25, 0.3) is 0 Å². The van der Waals surface area contributed by atoms with Gasteiger partial charge in [0.1, 0.15) is 0 Å². The zero-order valence-electron chi connectivity index (χ0n) is 8.36. The number of carbonyl (C=O) groups excluding carboxylic acids is 1. The molecule has 0 atom stereocenters. The van der Waals surface area contributed by atoms with Crippen molar-refractivity contribution in [3.63, 3.8) is 0 Å². The van der Waals surface area contributed by atoms with Crippen LogP contribution in [-0.2, 0) is 12.4 Å². The Kier molecular flexibility index (Phi) is 3.57. The third-order valence-electron chi connectivity index (χ3n) is 2.00. The van der Waals surface area contributed by atoms with Crippen LogP contribution in [0, 0.1) is 0 Å². The molecule has 1 rings (SSSR count). The second-order valence-corrected chi connectivity index (χ2v) is 3.76. The van der Waals surface area contributed by atoms with Crippen molar-refractivity contribution in [2.75, 3.05) is 0 Å². The largest absolute Gasteiger partial charge is 0.417 e. The highest BCUT2D eigenvalue weighted by Gasteiger charge is 2.40. The molecule has 0 saturated carbocycles. The number of amides is 1. The van der Waals surface area contributed by atoms with E-state index in [1.54, 1.807) is 0 Å². The lowest BCUT2D eigenvalue weighted by Crippen LogP contribution is -2.21. The first-order chi connectivity index (χ1) is 7.94. The van der Waals surface area contributed by atoms with Gasteiger partial charge in [0, 0.05) is 4.90 Å². The minimum Gasteiger partial charge on any atom is -0.366 e. The smallest absolute Gasteiger partial charge is 0.366 e. The van der Waals surface area contributed by atoms with Crippen LogP contribution in [0.25, 0.3) is 0 Å². The van der Waals surface area contributed by atoms with Crippen molar-refractivity contribution in [2.24, 2.45) is 5.73 Å². The van der Waals surface area contributed by atoms with E-state index in [0.29, 0.717) is 6.07 Å². The standard InChI is InChI=1S/C9H5F6NOS/c10-8(11,12)3-1-4(9(13,14)15)6(7(16)17)5(18)2-3/h1-2,18H,(H2,16,17). The van der Waals surface area contributed by atoms with Gasteiger partial charge in [0.15, 0.2) is 0 Å². The van der Waals surface area contributed by atoms with E-state index in [2.05, 4.69) is 12.6 Å². The van der Waals surface area contributed by atoms with Gasteiger partial charge in [-0.25, -0.2) is 0 Å². The van der Waals surface area contributed by atoms with Crippen molar-refractivity contribution < 1.29 is 31.1 Å². The first-order valence-electron chi connectivity index (χ1n) is 4.26. The van der Waals surface area contributed by atoms with Crippen LogP contribution in [0.4, 0.5) is 26.3 Å². The molecule has 0 aliphatic carbocycles. The van der Waals surface area contributed by atoms with Crippen LogP contribution in [0.3, 0.4) is 0 Å². The van der Waals surface area contributed by atoms with E-state index < -0.39 is 39.8 Å². The Hall–Kier alpha value is -1.38. The topological polar surface area (TPSA) is 43.1 Å². The number of hydrogen-bond donors (Lipinski definition) is 2. The molecular formula is C9H5F6NOS. The van der Waals surface area contributed by atoms with Gasteiger partial charge in [-0.15, -0.1) is 12.6 Å². The average molecular weight is 289 g/mol. The number of benzene rings is 1. The van der Waals surface area contributed by atoms with Crippen molar-refractivity contribution in [1.82, 2.24) is 0 Å². The second-order valence-electron chi connectivity index (χ2n) is 3.28. The molecule has 0 spiro atoms. The van der Waals surface area contributed by atoms with Gasteiger partial charge in [-0.05, 0) is 12.1 Å². The van der Waals surface area contributed by atoms with Gasteiger partial charge in [-0.2, -0.15) is 26.3 Å². The normalized spacial score (nSPS) is 12.6.